The maximum atomic E-state index is 14.0. The number of ketones is 1. The minimum atomic E-state index is -1.92. The number of terminal acetylenes is 1. The summed E-state index contributed by atoms with van der Waals surface area (Å²) in [4.78, 5) is 91.1. The fourth-order valence-electron chi connectivity index (χ4n) is 6.14. The first kappa shape index (κ1) is 48.5. The van der Waals surface area contributed by atoms with Crippen LogP contribution in [0.3, 0.4) is 0 Å². The molecule has 16 heteroatoms. The highest BCUT2D eigenvalue weighted by molar-refractivity contribution is 6.09. The number of benzene rings is 2. The number of hydroxylamine groups is 1. The molecule has 0 aliphatic carbocycles. The molecule has 2 rings (SSSR count). The maximum absolute atomic E-state index is 14.0. The Morgan fingerprint density at radius 1 is 0.741 bits per heavy atom. The first-order valence-corrected chi connectivity index (χ1v) is 19.6. The Hall–Kier alpha value is -5.63. The van der Waals surface area contributed by atoms with E-state index in [2.05, 4.69) is 27.2 Å². The van der Waals surface area contributed by atoms with Crippen LogP contribution >= 0.6 is 0 Å². The lowest BCUT2D eigenvalue weighted by atomic mass is 9.90. The van der Waals surface area contributed by atoms with Crippen LogP contribution in [0.25, 0.3) is 0 Å². The van der Waals surface area contributed by atoms with Gasteiger partial charge < -0.3 is 37.8 Å². The predicted octanol–water partition coefficient (Wildman–Crippen LogP) is 1.15. The molecule has 0 aliphatic heterocycles. The Balaban J connectivity index is 2.34. The highest BCUT2D eigenvalue weighted by atomic mass is 16.5. The van der Waals surface area contributed by atoms with E-state index in [1.54, 1.807) is 68.4 Å². The second-order valence-electron chi connectivity index (χ2n) is 14.5. The highest BCUT2D eigenvalue weighted by Crippen LogP contribution is 2.18. The molecular weight excluding hydrogens is 747 g/mol. The molecule has 0 bridgehead atoms. The van der Waals surface area contributed by atoms with Crippen molar-refractivity contribution in [1.82, 2.24) is 26.7 Å². The second-order valence-corrected chi connectivity index (χ2v) is 14.5. The fraction of sp³-hybridized carbons (Fsp3) is 0.500. The van der Waals surface area contributed by atoms with Crippen LogP contribution in [0.5, 0.6) is 0 Å². The molecule has 0 aromatic heterocycles. The van der Waals surface area contributed by atoms with Gasteiger partial charge in [0.1, 0.15) is 24.2 Å². The van der Waals surface area contributed by atoms with E-state index < -0.39 is 59.7 Å². The number of hydrogen-bond donors (Lipinski definition) is 9. The third kappa shape index (κ3) is 17.2. The minimum Gasteiger partial charge on any atom is -0.382 e. The third-order valence-electron chi connectivity index (χ3n) is 9.35. The van der Waals surface area contributed by atoms with Crippen LogP contribution < -0.4 is 38.2 Å². The normalized spacial score (nSPS) is 13.5. The average molecular weight is 806 g/mol. The SMILES string of the molecule is C#CCCCC(=O)NCCCCC(NC(=O)[C@H](Cc1ccc(C(=O)c2ccccc2)cc1)NC(=O)[C@H](CCCCN)NC(=O)[C@H](CC(C)C)[C@H](O)C(=O)NO)C(N)=O. The molecule has 58 heavy (non-hydrogen) atoms. The van der Waals surface area contributed by atoms with Gasteiger partial charge >= 0.3 is 0 Å². The summed E-state index contributed by atoms with van der Waals surface area (Å²) in [5, 5.41) is 30.4. The van der Waals surface area contributed by atoms with E-state index in [0.717, 1.165) is 0 Å². The number of nitrogens with two attached hydrogens (primary N) is 2. The number of carbonyl (C=O) groups excluding carboxylic acids is 7. The molecule has 2 aromatic carbocycles. The lowest BCUT2D eigenvalue weighted by Crippen LogP contribution is -2.58. The summed E-state index contributed by atoms with van der Waals surface area (Å²) in [5.74, 6) is -3.71. The number of amides is 6. The van der Waals surface area contributed by atoms with E-state index in [1.807, 2.05) is 0 Å². The lowest BCUT2D eigenvalue weighted by molar-refractivity contribution is -0.147. The summed E-state index contributed by atoms with van der Waals surface area (Å²) in [7, 11) is 0. The van der Waals surface area contributed by atoms with E-state index in [0.29, 0.717) is 74.7 Å². The van der Waals surface area contributed by atoms with Crippen LogP contribution in [0.1, 0.15) is 99.5 Å². The predicted molar refractivity (Wildman–Crippen MR) is 216 cm³/mol. The van der Waals surface area contributed by atoms with Crippen molar-refractivity contribution in [3.05, 3.63) is 71.3 Å². The molecule has 0 saturated heterocycles. The zero-order valence-corrected chi connectivity index (χ0v) is 33.3. The molecular formula is C42H59N7O9. The van der Waals surface area contributed by atoms with Gasteiger partial charge in [0, 0.05) is 36.9 Å². The average Bonchev–Trinajstić information content (AvgIpc) is 3.21. The van der Waals surface area contributed by atoms with E-state index in [4.69, 9.17) is 23.1 Å². The van der Waals surface area contributed by atoms with Crippen LogP contribution in [-0.4, -0.2) is 88.9 Å². The van der Waals surface area contributed by atoms with Crippen molar-refractivity contribution in [1.29, 1.82) is 0 Å². The van der Waals surface area contributed by atoms with Crippen LogP contribution in [0, 0.1) is 24.2 Å². The molecule has 0 radical (unpaired) electrons. The van der Waals surface area contributed by atoms with Crippen molar-refractivity contribution in [2.75, 3.05) is 13.1 Å². The van der Waals surface area contributed by atoms with Gasteiger partial charge in [-0.3, -0.25) is 38.8 Å². The Morgan fingerprint density at radius 2 is 1.33 bits per heavy atom. The summed E-state index contributed by atoms with van der Waals surface area (Å²) in [5.41, 5.74) is 14.1. The highest BCUT2D eigenvalue weighted by Gasteiger charge is 2.36. The molecule has 16 nitrogen and oxygen atoms in total. The van der Waals surface area contributed by atoms with Gasteiger partial charge in [0.15, 0.2) is 5.78 Å². The van der Waals surface area contributed by atoms with Crippen molar-refractivity contribution in [2.45, 2.75) is 109 Å². The standard InChI is InChI=1S/C42H59N7O9/c1-4-5-7-18-35(50)45-24-13-11-16-32(38(44)53)46-41(56)34(26-28-19-21-30(22-20-28)36(51)29-14-8-6-9-15-29)48-40(55)33(17-10-12-23-43)47-39(54)31(25-27(2)3)37(52)42(57)49-58/h1,6,8-9,14-15,19-22,27,31-34,37,52,58H,5,7,10-13,16-18,23-26,43H2,2-3H3,(H2,44,53)(H,45,50)(H,46,56)(H,47,54)(H,48,55)(H,49,57)/t31-,32?,33+,34+,37+/m1/s1. The summed E-state index contributed by atoms with van der Waals surface area (Å²) in [6.45, 7) is 4.18. The topological polar surface area (TPSA) is 272 Å². The molecule has 11 N–H and O–H groups in total. The van der Waals surface area contributed by atoms with Crippen LogP contribution in [0.4, 0.5) is 0 Å². The van der Waals surface area contributed by atoms with Crippen LogP contribution in [0.15, 0.2) is 54.6 Å². The number of primary amides is 1. The van der Waals surface area contributed by atoms with Gasteiger partial charge in [-0.2, -0.15) is 0 Å². The minimum absolute atomic E-state index is 0.0404. The quantitative estimate of drug-likeness (QED) is 0.0204. The molecule has 2 aromatic rings. The van der Waals surface area contributed by atoms with Crippen molar-refractivity contribution in [3.8, 4) is 12.3 Å². The Labute approximate surface area is 340 Å². The monoisotopic (exact) mass is 805 g/mol. The zero-order valence-electron chi connectivity index (χ0n) is 33.3. The van der Waals surface area contributed by atoms with E-state index in [9.17, 15) is 38.7 Å². The Bertz CT molecular complexity index is 1700. The van der Waals surface area contributed by atoms with Crippen LogP contribution in [-0.2, 0) is 35.2 Å². The van der Waals surface area contributed by atoms with E-state index in [-0.39, 0.29) is 43.3 Å². The van der Waals surface area contributed by atoms with Gasteiger partial charge in [0.25, 0.3) is 5.91 Å². The number of nitrogens with one attached hydrogen (secondary N) is 5. The summed E-state index contributed by atoms with van der Waals surface area (Å²) < 4.78 is 0. The third-order valence-corrected chi connectivity index (χ3v) is 9.35. The molecule has 6 amide bonds. The lowest BCUT2D eigenvalue weighted by Gasteiger charge is -2.27. The molecule has 0 saturated carbocycles. The molecule has 0 aliphatic rings. The molecule has 0 heterocycles. The number of hydrogen-bond acceptors (Lipinski definition) is 10. The summed E-state index contributed by atoms with van der Waals surface area (Å²) in [6, 6.07) is 11.5. The van der Waals surface area contributed by atoms with Crippen LogP contribution in [0.2, 0.25) is 0 Å². The number of aliphatic hydroxyl groups excluding tert-OH is 1. The van der Waals surface area contributed by atoms with Gasteiger partial charge in [-0.1, -0.05) is 68.4 Å². The number of rotatable bonds is 27. The first-order valence-electron chi connectivity index (χ1n) is 19.6. The fourth-order valence-corrected chi connectivity index (χ4v) is 6.14. The smallest absolute Gasteiger partial charge is 0.272 e. The maximum Gasteiger partial charge on any atom is 0.272 e. The number of aliphatic hydroxyl groups is 1. The molecule has 316 valence electrons. The van der Waals surface area contributed by atoms with Crippen molar-refractivity contribution in [2.24, 2.45) is 23.3 Å². The molecule has 1 unspecified atom stereocenters. The van der Waals surface area contributed by atoms with E-state index in [1.165, 1.54) is 5.48 Å². The van der Waals surface area contributed by atoms with Crippen molar-refractivity contribution < 1.29 is 43.9 Å². The Kier molecular flexibility index (Phi) is 22.0. The van der Waals surface area contributed by atoms with Crippen molar-refractivity contribution >= 4 is 41.2 Å². The molecule has 0 fully saturated rings. The van der Waals surface area contributed by atoms with Gasteiger partial charge in [-0.25, -0.2) is 5.48 Å². The summed E-state index contributed by atoms with van der Waals surface area (Å²) in [6.07, 6.45) is 6.63. The van der Waals surface area contributed by atoms with Gasteiger partial charge in [-0.15, -0.1) is 12.3 Å². The number of carbonyl (C=O) groups is 7. The largest absolute Gasteiger partial charge is 0.382 e. The first-order chi connectivity index (χ1) is 27.7. The van der Waals surface area contributed by atoms with E-state index >= 15 is 0 Å². The van der Waals surface area contributed by atoms with Gasteiger partial charge in [0.2, 0.25) is 29.5 Å². The van der Waals surface area contributed by atoms with Gasteiger partial charge in [0.05, 0.1) is 5.92 Å². The van der Waals surface area contributed by atoms with Crippen molar-refractivity contribution in [3.63, 3.8) is 0 Å². The zero-order chi connectivity index (χ0) is 43.0. The number of unbranched alkanes of at least 4 members (excludes halogenated alkanes) is 3. The molecule has 5 atom stereocenters. The Morgan fingerprint density at radius 3 is 1.93 bits per heavy atom. The van der Waals surface area contributed by atoms with Gasteiger partial charge in [-0.05, 0) is 69.4 Å². The second kappa shape index (κ2) is 26.3. The summed E-state index contributed by atoms with van der Waals surface area (Å²) >= 11 is 0. The molecule has 0 spiro atoms.